The Morgan fingerprint density at radius 2 is 2.08 bits per heavy atom. The molecule has 0 spiro atoms. The molecule has 0 saturated carbocycles. The number of aliphatic hydroxyl groups excluding tert-OH is 1. The summed E-state index contributed by atoms with van der Waals surface area (Å²) in [5.74, 6) is -0.0795. The number of nitrogens with one attached hydrogen (secondary N) is 2. The van der Waals surface area contributed by atoms with Crippen molar-refractivity contribution in [1.29, 1.82) is 0 Å². The molecule has 0 unspecified atom stereocenters. The number of benzene rings is 1. The first kappa shape index (κ1) is 19.1. The van der Waals surface area contributed by atoms with Gasteiger partial charge in [-0.3, -0.25) is 9.78 Å². The van der Waals surface area contributed by atoms with Crippen LogP contribution in [-0.4, -0.2) is 29.1 Å². The molecule has 3 N–H and O–H groups in total. The zero-order chi connectivity index (χ0) is 18.3. The molecule has 134 valence electrons. The first-order chi connectivity index (χ1) is 11.9. The highest BCUT2D eigenvalue weighted by Crippen LogP contribution is 2.32. The molecule has 0 aliphatic heterocycles. The summed E-state index contributed by atoms with van der Waals surface area (Å²) in [7, 11) is 0. The minimum Gasteiger partial charge on any atom is -0.396 e. The molecule has 25 heavy (non-hydrogen) atoms. The Labute approximate surface area is 149 Å². The predicted octanol–water partition coefficient (Wildman–Crippen LogP) is 2.36. The van der Waals surface area contributed by atoms with E-state index in [1.807, 2.05) is 51.1 Å². The van der Waals surface area contributed by atoms with Crippen LogP contribution in [0.3, 0.4) is 0 Å². The van der Waals surface area contributed by atoms with Crippen LogP contribution in [0.4, 0.5) is 0 Å². The fraction of sp³-hybridized carbons (Fsp3) is 0.400. The van der Waals surface area contributed by atoms with Crippen LogP contribution >= 0.6 is 0 Å². The van der Waals surface area contributed by atoms with E-state index in [2.05, 4.69) is 21.7 Å². The van der Waals surface area contributed by atoms with Crippen molar-refractivity contribution in [3.63, 3.8) is 0 Å². The second kappa shape index (κ2) is 8.74. The van der Waals surface area contributed by atoms with Gasteiger partial charge in [-0.15, -0.1) is 0 Å². The maximum absolute atomic E-state index is 12.2. The molecule has 2 aromatic rings. The smallest absolute Gasteiger partial charge is 0.234 e. The van der Waals surface area contributed by atoms with Crippen LogP contribution in [0.25, 0.3) is 0 Å². The first-order valence-electron chi connectivity index (χ1n) is 8.49. The first-order valence-corrected chi connectivity index (χ1v) is 8.49. The normalized spacial score (nSPS) is 12.6. The zero-order valence-electron chi connectivity index (χ0n) is 15.1. The Hall–Kier alpha value is -2.24. The van der Waals surface area contributed by atoms with Gasteiger partial charge in [-0.05, 0) is 24.1 Å². The fourth-order valence-corrected chi connectivity index (χ4v) is 2.76. The summed E-state index contributed by atoms with van der Waals surface area (Å²) in [4.78, 5) is 16.3. The van der Waals surface area contributed by atoms with Crippen molar-refractivity contribution >= 4 is 5.91 Å². The van der Waals surface area contributed by atoms with E-state index in [0.29, 0.717) is 6.54 Å². The van der Waals surface area contributed by atoms with Gasteiger partial charge in [0, 0.05) is 37.0 Å². The van der Waals surface area contributed by atoms with Crippen molar-refractivity contribution < 1.29 is 9.90 Å². The third-order valence-corrected chi connectivity index (χ3v) is 4.25. The van der Waals surface area contributed by atoms with Gasteiger partial charge in [0.15, 0.2) is 0 Å². The number of aliphatic hydroxyl groups is 1. The number of nitrogens with zero attached hydrogens (tertiary/aromatic N) is 1. The van der Waals surface area contributed by atoms with Crippen LogP contribution in [0.15, 0.2) is 48.8 Å². The van der Waals surface area contributed by atoms with E-state index >= 15 is 0 Å². The molecule has 2 rings (SSSR count). The number of aryl methyl sites for hydroxylation is 1. The van der Waals surface area contributed by atoms with Crippen LogP contribution < -0.4 is 10.6 Å². The highest BCUT2D eigenvalue weighted by Gasteiger charge is 2.30. The lowest BCUT2D eigenvalue weighted by Crippen LogP contribution is -2.42. The predicted molar refractivity (Wildman–Crippen MR) is 98.9 cm³/mol. The van der Waals surface area contributed by atoms with Crippen molar-refractivity contribution in [2.75, 3.05) is 13.2 Å². The van der Waals surface area contributed by atoms with E-state index in [4.69, 9.17) is 0 Å². The Morgan fingerprint density at radius 1 is 1.28 bits per heavy atom. The van der Waals surface area contributed by atoms with Crippen molar-refractivity contribution in [3.05, 3.63) is 65.5 Å². The number of aromatic nitrogens is 1. The quantitative estimate of drug-likeness (QED) is 0.689. The van der Waals surface area contributed by atoms with Crippen molar-refractivity contribution in [2.24, 2.45) is 5.41 Å². The Bertz CT molecular complexity index is 686. The molecule has 1 aromatic carbocycles. The number of rotatable bonds is 8. The topological polar surface area (TPSA) is 74.2 Å². The van der Waals surface area contributed by atoms with Gasteiger partial charge >= 0.3 is 0 Å². The Morgan fingerprint density at radius 3 is 2.72 bits per heavy atom. The fourth-order valence-electron chi connectivity index (χ4n) is 2.76. The molecular formula is C20H27N3O2. The summed E-state index contributed by atoms with van der Waals surface area (Å²) in [5, 5.41) is 15.9. The zero-order valence-corrected chi connectivity index (χ0v) is 15.1. The molecular weight excluding hydrogens is 314 g/mol. The van der Waals surface area contributed by atoms with Crippen LogP contribution in [0, 0.1) is 12.3 Å². The lowest BCUT2D eigenvalue weighted by Gasteiger charge is -2.33. The average Bonchev–Trinajstić information content (AvgIpc) is 2.61. The lowest BCUT2D eigenvalue weighted by atomic mass is 9.81. The third-order valence-electron chi connectivity index (χ3n) is 4.25. The summed E-state index contributed by atoms with van der Waals surface area (Å²) < 4.78 is 0. The highest BCUT2D eigenvalue weighted by atomic mass is 16.3. The van der Waals surface area contributed by atoms with Gasteiger partial charge < -0.3 is 15.7 Å². The summed E-state index contributed by atoms with van der Waals surface area (Å²) in [6.45, 7) is 6.63. The molecule has 5 heteroatoms. The molecule has 0 aliphatic rings. The van der Waals surface area contributed by atoms with Crippen LogP contribution in [0.5, 0.6) is 0 Å². The van der Waals surface area contributed by atoms with Crippen molar-refractivity contribution in [1.82, 2.24) is 15.6 Å². The standard InChI is InChI=1S/C20H27N3O2/c1-15-6-4-7-16(10-15)11-22-18(25)13-23-19(20(2,3)14-24)17-8-5-9-21-12-17/h4-10,12,19,23-24H,11,13-14H2,1-3H3,(H,22,25)/t19-/m0/s1. The summed E-state index contributed by atoms with van der Waals surface area (Å²) >= 11 is 0. The van der Waals surface area contributed by atoms with Gasteiger partial charge in [0.2, 0.25) is 5.91 Å². The van der Waals surface area contributed by atoms with Crippen molar-refractivity contribution in [3.8, 4) is 0 Å². The number of hydrogen-bond donors (Lipinski definition) is 3. The Balaban J connectivity index is 1.94. The monoisotopic (exact) mass is 341 g/mol. The van der Waals surface area contributed by atoms with Crippen LogP contribution in [-0.2, 0) is 11.3 Å². The summed E-state index contributed by atoms with van der Waals surface area (Å²) in [6, 6.07) is 11.7. The van der Waals surface area contributed by atoms with Crippen LogP contribution in [0.2, 0.25) is 0 Å². The third kappa shape index (κ3) is 5.66. The number of carbonyl (C=O) groups excluding carboxylic acids is 1. The van der Waals surface area contributed by atoms with E-state index in [1.165, 1.54) is 5.56 Å². The highest BCUT2D eigenvalue weighted by molar-refractivity contribution is 5.78. The maximum atomic E-state index is 12.2. The largest absolute Gasteiger partial charge is 0.396 e. The second-order valence-electron chi connectivity index (χ2n) is 7.01. The summed E-state index contributed by atoms with van der Waals surface area (Å²) in [5.41, 5.74) is 2.78. The molecule has 0 aliphatic carbocycles. The number of carbonyl (C=O) groups is 1. The average molecular weight is 341 g/mol. The second-order valence-corrected chi connectivity index (χ2v) is 7.01. The molecule has 1 heterocycles. The number of amides is 1. The van der Waals surface area contributed by atoms with E-state index in [0.717, 1.165) is 11.1 Å². The summed E-state index contributed by atoms with van der Waals surface area (Å²) in [6.07, 6.45) is 3.47. The van der Waals surface area contributed by atoms with Gasteiger partial charge in [-0.25, -0.2) is 0 Å². The minimum absolute atomic E-state index is 0.00444. The molecule has 1 amide bonds. The maximum Gasteiger partial charge on any atom is 0.234 e. The van der Waals surface area contributed by atoms with Crippen molar-refractivity contribution in [2.45, 2.75) is 33.4 Å². The van der Waals surface area contributed by atoms with Gasteiger partial charge in [0.25, 0.3) is 0 Å². The van der Waals surface area contributed by atoms with E-state index in [9.17, 15) is 9.90 Å². The molecule has 1 aromatic heterocycles. The van der Waals surface area contributed by atoms with E-state index < -0.39 is 5.41 Å². The number of hydrogen-bond acceptors (Lipinski definition) is 4. The van der Waals surface area contributed by atoms with Gasteiger partial charge in [-0.1, -0.05) is 49.7 Å². The van der Waals surface area contributed by atoms with E-state index in [-0.39, 0.29) is 25.1 Å². The Kier molecular flexibility index (Phi) is 6.67. The molecule has 0 saturated heterocycles. The lowest BCUT2D eigenvalue weighted by molar-refractivity contribution is -0.120. The molecule has 1 atom stereocenters. The molecule has 0 fully saturated rings. The molecule has 0 radical (unpaired) electrons. The van der Waals surface area contributed by atoms with Gasteiger partial charge in [0.05, 0.1) is 6.54 Å². The van der Waals surface area contributed by atoms with E-state index in [1.54, 1.807) is 12.4 Å². The van der Waals surface area contributed by atoms with Gasteiger partial charge in [-0.2, -0.15) is 0 Å². The van der Waals surface area contributed by atoms with Crippen LogP contribution in [0.1, 0.15) is 36.6 Å². The molecule has 5 nitrogen and oxygen atoms in total. The SMILES string of the molecule is Cc1cccc(CNC(=O)CN[C@@H](c2cccnc2)C(C)(C)CO)c1. The minimum atomic E-state index is -0.417. The molecule has 0 bridgehead atoms. The van der Waals surface area contributed by atoms with Gasteiger partial charge in [0.1, 0.15) is 0 Å². The number of pyridine rings is 1.